The Bertz CT molecular complexity index is 642. The molecule has 144 valence electrons. The molecule has 5 heteroatoms. The molecule has 1 rings (SSSR count). The molecule has 0 aromatic heterocycles. The molecule has 0 aliphatic carbocycles. The Morgan fingerprint density at radius 1 is 1.15 bits per heavy atom. The van der Waals surface area contributed by atoms with Crippen LogP contribution in [0.5, 0.6) is 0 Å². The number of carbonyl (C=O) groups is 1. The summed E-state index contributed by atoms with van der Waals surface area (Å²) in [6.45, 7) is 12.9. The second kappa shape index (κ2) is 9.54. The summed E-state index contributed by atoms with van der Waals surface area (Å²) in [6, 6.07) is 7.28. The van der Waals surface area contributed by atoms with Crippen LogP contribution in [0, 0.1) is 0 Å². The highest BCUT2D eigenvalue weighted by Gasteiger charge is 2.42. The fourth-order valence-corrected chi connectivity index (χ4v) is 3.65. The van der Waals surface area contributed by atoms with Crippen molar-refractivity contribution in [2.75, 3.05) is 7.11 Å². The van der Waals surface area contributed by atoms with E-state index in [1.165, 1.54) is 7.11 Å². The third-order valence-electron chi connectivity index (χ3n) is 4.85. The second-order valence-corrected chi connectivity index (χ2v) is 13.0. The lowest BCUT2D eigenvalue weighted by atomic mass is 9.93. The molecule has 3 nitrogen and oxygen atoms in total. The van der Waals surface area contributed by atoms with E-state index in [2.05, 4.69) is 33.9 Å². The SMILES string of the molecule is C/C=C/C=C/[C@@H](O[Si](C)(C)C(C)(C)C)[C@@H](C(=O)OC)c1ccc(Cl)cc1. The van der Waals surface area contributed by atoms with Gasteiger partial charge in [0.2, 0.25) is 0 Å². The molecule has 26 heavy (non-hydrogen) atoms. The first-order chi connectivity index (χ1) is 12.0. The molecule has 0 fully saturated rings. The number of benzene rings is 1. The summed E-state index contributed by atoms with van der Waals surface area (Å²) in [5.41, 5.74) is 0.829. The Morgan fingerprint density at radius 3 is 2.19 bits per heavy atom. The Labute approximate surface area is 164 Å². The molecule has 0 aliphatic heterocycles. The monoisotopic (exact) mass is 394 g/mol. The first kappa shape index (κ1) is 22.7. The van der Waals surface area contributed by atoms with E-state index in [0.29, 0.717) is 5.02 Å². The van der Waals surface area contributed by atoms with Crippen molar-refractivity contribution in [1.29, 1.82) is 0 Å². The van der Waals surface area contributed by atoms with Crippen LogP contribution in [0.15, 0.2) is 48.6 Å². The number of hydrogen-bond acceptors (Lipinski definition) is 3. The molecule has 0 radical (unpaired) electrons. The van der Waals surface area contributed by atoms with Crippen LogP contribution >= 0.6 is 11.6 Å². The predicted octanol–water partition coefficient (Wildman–Crippen LogP) is 6.12. The summed E-state index contributed by atoms with van der Waals surface area (Å²) >= 11 is 6.01. The highest BCUT2D eigenvalue weighted by atomic mass is 35.5. The zero-order valence-electron chi connectivity index (χ0n) is 16.9. The first-order valence-corrected chi connectivity index (χ1v) is 12.1. The number of esters is 1. The van der Waals surface area contributed by atoms with Crippen molar-refractivity contribution in [3.05, 3.63) is 59.2 Å². The zero-order chi connectivity index (χ0) is 20.0. The van der Waals surface area contributed by atoms with Crippen molar-refractivity contribution in [2.45, 2.75) is 57.8 Å². The van der Waals surface area contributed by atoms with Crippen LogP contribution in [0.3, 0.4) is 0 Å². The van der Waals surface area contributed by atoms with Gasteiger partial charge in [0.15, 0.2) is 8.32 Å². The summed E-state index contributed by atoms with van der Waals surface area (Å²) in [5.74, 6) is -0.867. The smallest absolute Gasteiger partial charge is 0.316 e. The van der Waals surface area contributed by atoms with Crippen molar-refractivity contribution in [1.82, 2.24) is 0 Å². The lowest BCUT2D eigenvalue weighted by Crippen LogP contribution is -2.46. The summed E-state index contributed by atoms with van der Waals surface area (Å²) in [4.78, 5) is 12.6. The van der Waals surface area contributed by atoms with Crippen LogP contribution in [0.25, 0.3) is 0 Å². The molecule has 0 unspecified atom stereocenters. The van der Waals surface area contributed by atoms with Crippen molar-refractivity contribution in [3.63, 3.8) is 0 Å². The van der Waals surface area contributed by atoms with Crippen molar-refractivity contribution >= 4 is 25.9 Å². The Morgan fingerprint density at radius 2 is 1.73 bits per heavy atom. The summed E-state index contributed by atoms with van der Waals surface area (Å²) in [6.07, 6.45) is 7.31. The highest BCUT2D eigenvalue weighted by Crippen LogP contribution is 2.39. The lowest BCUT2D eigenvalue weighted by molar-refractivity contribution is -0.144. The van der Waals surface area contributed by atoms with E-state index >= 15 is 0 Å². The van der Waals surface area contributed by atoms with E-state index in [-0.39, 0.29) is 11.0 Å². The number of halogens is 1. The number of allylic oxidation sites excluding steroid dienone is 3. The van der Waals surface area contributed by atoms with Gasteiger partial charge in [0.05, 0.1) is 13.2 Å². The predicted molar refractivity (Wildman–Crippen MR) is 112 cm³/mol. The minimum atomic E-state index is -2.10. The molecule has 1 aromatic rings. The number of methoxy groups -OCH3 is 1. The van der Waals surface area contributed by atoms with Gasteiger partial charge < -0.3 is 9.16 Å². The van der Waals surface area contributed by atoms with Gasteiger partial charge in [-0.3, -0.25) is 4.79 Å². The fraction of sp³-hybridized carbons (Fsp3) is 0.476. The van der Waals surface area contributed by atoms with Crippen LogP contribution in [-0.4, -0.2) is 27.5 Å². The molecular weight excluding hydrogens is 364 g/mol. The molecule has 2 atom stereocenters. The van der Waals surface area contributed by atoms with Gasteiger partial charge in [0, 0.05) is 5.02 Å². The number of rotatable bonds is 7. The molecule has 0 spiro atoms. The topological polar surface area (TPSA) is 35.5 Å². The van der Waals surface area contributed by atoms with E-state index < -0.39 is 20.3 Å². The minimum Gasteiger partial charge on any atom is -0.468 e. The minimum absolute atomic E-state index is 0.0281. The number of hydrogen-bond donors (Lipinski definition) is 0. The lowest BCUT2D eigenvalue weighted by Gasteiger charge is -2.40. The first-order valence-electron chi connectivity index (χ1n) is 8.84. The maximum Gasteiger partial charge on any atom is 0.316 e. The largest absolute Gasteiger partial charge is 0.468 e. The van der Waals surface area contributed by atoms with Gasteiger partial charge in [-0.1, -0.05) is 68.8 Å². The average molecular weight is 395 g/mol. The van der Waals surface area contributed by atoms with E-state index in [4.69, 9.17) is 20.8 Å². The molecule has 0 aliphatic rings. The van der Waals surface area contributed by atoms with Gasteiger partial charge >= 0.3 is 5.97 Å². The van der Waals surface area contributed by atoms with Crippen LogP contribution in [0.1, 0.15) is 39.2 Å². The van der Waals surface area contributed by atoms with Gasteiger partial charge in [-0.25, -0.2) is 0 Å². The fourth-order valence-electron chi connectivity index (χ4n) is 2.28. The molecule has 0 N–H and O–H groups in total. The van der Waals surface area contributed by atoms with Gasteiger partial charge in [0.25, 0.3) is 0 Å². The van der Waals surface area contributed by atoms with E-state index in [1.807, 2.05) is 43.4 Å². The summed E-state index contributed by atoms with van der Waals surface area (Å²) in [5, 5.41) is 0.657. The summed E-state index contributed by atoms with van der Waals surface area (Å²) < 4.78 is 11.7. The molecule has 0 saturated carbocycles. The number of ether oxygens (including phenoxy) is 1. The van der Waals surface area contributed by atoms with Gasteiger partial charge in [-0.2, -0.15) is 0 Å². The van der Waals surface area contributed by atoms with E-state index in [9.17, 15) is 4.79 Å². The van der Waals surface area contributed by atoms with Crippen LogP contribution in [-0.2, 0) is 14.0 Å². The normalized spacial score (nSPS) is 15.4. The molecule has 0 saturated heterocycles. The maximum atomic E-state index is 12.6. The van der Waals surface area contributed by atoms with E-state index in [0.717, 1.165) is 5.56 Å². The molecule has 0 bridgehead atoms. The van der Waals surface area contributed by atoms with E-state index in [1.54, 1.807) is 12.1 Å². The van der Waals surface area contributed by atoms with Gasteiger partial charge in [-0.05, 0) is 42.8 Å². The Balaban J connectivity index is 3.37. The third kappa shape index (κ3) is 6.11. The zero-order valence-corrected chi connectivity index (χ0v) is 18.6. The van der Waals surface area contributed by atoms with Crippen molar-refractivity contribution in [3.8, 4) is 0 Å². The average Bonchev–Trinajstić information content (AvgIpc) is 2.55. The standard InChI is InChI=1S/C21H31ClO3Si/c1-8-9-10-11-18(25-26(6,7)21(2,3)4)19(20(23)24-5)16-12-14-17(22)15-13-16/h8-15,18-19H,1-7H3/b9-8+,11-10+/t18-,19+/m1/s1. The summed E-state index contributed by atoms with van der Waals surface area (Å²) in [7, 11) is -0.695. The Kier molecular flexibility index (Phi) is 8.32. The quantitative estimate of drug-likeness (QED) is 0.317. The van der Waals surface area contributed by atoms with Gasteiger partial charge in [0.1, 0.15) is 5.92 Å². The Hall–Kier alpha value is -1.36. The number of carbonyl (C=O) groups excluding carboxylic acids is 1. The van der Waals surface area contributed by atoms with Crippen LogP contribution < -0.4 is 0 Å². The third-order valence-corrected chi connectivity index (χ3v) is 9.58. The van der Waals surface area contributed by atoms with Crippen LogP contribution in [0.2, 0.25) is 23.2 Å². The molecule has 1 aromatic carbocycles. The second-order valence-electron chi connectivity index (χ2n) is 7.81. The van der Waals surface area contributed by atoms with Crippen LogP contribution in [0.4, 0.5) is 0 Å². The van der Waals surface area contributed by atoms with Gasteiger partial charge in [-0.15, -0.1) is 0 Å². The van der Waals surface area contributed by atoms with Crippen molar-refractivity contribution < 1.29 is 14.0 Å². The van der Waals surface area contributed by atoms with Crippen molar-refractivity contribution in [2.24, 2.45) is 0 Å². The molecule has 0 heterocycles. The molecular formula is C21H31ClO3Si. The maximum absolute atomic E-state index is 12.6. The molecule has 0 amide bonds. The highest BCUT2D eigenvalue weighted by molar-refractivity contribution is 6.74.